The van der Waals surface area contributed by atoms with Crippen LogP contribution in [0.15, 0.2) is 54.6 Å². The lowest BCUT2D eigenvalue weighted by Gasteiger charge is -2.05. The van der Waals surface area contributed by atoms with E-state index in [9.17, 15) is 22.7 Å². The van der Waals surface area contributed by atoms with Gasteiger partial charge in [-0.3, -0.25) is 0 Å². The monoisotopic (exact) mass is 406 g/mol. The van der Waals surface area contributed by atoms with Crippen molar-refractivity contribution in [2.45, 2.75) is 19.4 Å². The van der Waals surface area contributed by atoms with Gasteiger partial charge in [0.05, 0.1) is 17.0 Å². The molecule has 0 spiro atoms. The lowest BCUT2D eigenvalue weighted by molar-refractivity contribution is -0.137. The minimum absolute atomic E-state index is 0.157. The summed E-state index contributed by atoms with van der Waals surface area (Å²) in [6, 6.07) is 11.9. The molecular formula is C21H14F4O2S. The van der Waals surface area contributed by atoms with Crippen molar-refractivity contribution in [3.05, 3.63) is 86.9 Å². The van der Waals surface area contributed by atoms with Crippen LogP contribution in [0.2, 0.25) is 0 Å². The Kier molecular flexibility index (Phi) is 6.02. The predicted octanol–water partition coefficient (Wildman–Crippen LogP) is 5.38. The molecule has 1 N–H and O–H groups in total. The Morgan fingerprint density at radius 3 is 2.25 bits per heavy atom. The van der Waals surface area contributed by atoms with Crippen LogP contribution in [0.25, 0.3) is 0 Å². The number of rotatable bonds is 4. The fraction of sp³-hybridized carbons (Fsp3) is 0.143. The molecule has 0 bridgehead atoms. The van der Waals surface area contributed by atoms with Crippen molar-refractivity contribution in [1.29, 1.82) is 0 Å². The van der Waals surface area contributed by atoms with Gasteiger partial charge >= 0.3 is 6.18 Å². The van der Waals surface area contributed by atoms with E-state index in [4.69, 9.17) is 4.74 Å². The second kappa shape index (κ2) is 8.46. The van der Waals surface area contributed by atoms with Crippen molar-refractivity contribution in [3.63, 3.8) is 0 Å². The van der Waals surface area contributed by atoms with E-state index < -0.39 is 11.7 Å². The first-order valence-electron chi connectivity index (χ1n) is 8.15. The normalized spacial score (nSPS) is 11.0. The van der Waals surface area contributed by atoms with Crippen LogP contribution in [0.3, 0.4) is 0 Å². The van der Waals surface area contributed by atoms with Crippen LogP contribution in [0.4, 0.5) is 17.6 Å². The van der Waals surface area contributed by atoms with Gasteiger partial charge < -0.3 is 9.84 Å². The van der Waals surface area contributed by atoms with Gasteiger partial charge in [0.15, 0.2) is 0 Å². The predicted molar refractivity (Wildman–Crippen MR) is 98.4 cm³/mol. The molecule has 0 saturated heterocycles. The molecule has 0 aliphatic carbocycles. The van der Waals surface area contributed by atoms with Crippen LogP contribution in [0.1, 0.15) is 26.4 Å². The minimum atomic E-state index is -4.39. The Balaban J connectivity index is 1.78. The van der Waals surface area contributed by atoms with Crippen LogP contribution >= 0.6 is 11.3 Å². The van der Waals surface area contributed by atoms with Crippen LogP contribution in [-0.2, 0) is 19.4 Å². The average molecular weight is 406 g/mol. The number of aliphatic hydroxyl groups excluding tert-OH is 1. The highest BCUT2D eigenvalue weighted by atomic mass is 32.1. The van der Waals surface area contributed by atoms with Gasteiger partial charge in [0.2, 0.25) is 0 Å². The third kappa shape index (κ3) is 5.12. The number of alkyl halides is 3. The molecule has 0 amide bonds. The smallest absolute Gasteiger partial charge is 0.416 e. The summed E-state index contributed by atoms with van der Waals surface area (Å²) in [5.74, 6) is 5.86. The van der Waals surface area contributed by atoms with Gasteiger partial charge in [-0.2, -0.15) is 13.2 Å². The van der Waals surface area contributed by atoms with Gasteiger partial charge in [0.25, 0.3) is 0 Å². The van der Waals surface area contributed by atoms with E-state index >= 15 is 0 Å². The third-order valence-corrected chi connectivity index (χ3v) is 4.85. The van der Waals surface area contributed by atoms with Gasteiger partial charge in [-0.05, 0) is 54.6 Å². The number of benzene rings is 2. The molecule has 144 valence electrons. The van der Waals surface area contributed by atoms with E-state index in [0.29, 0.717) is 21.8 Å². The Bertz CT molecular complexity index is 994. The molecule has 1 heterocycles. The molecule has 0 atom stereocenters. The molecule has 3 rings (SSSR count). The Hall–Kier alpha value is -2.82. The van der Waals surface area contributed by atoms with E-state index in [1.807, 2.05) is 0 Å². The third-order valence-electron chi connectivity index (χ3n) is 3.75. The fourth-order valence-corrected chi connectivity index (χ4v) is 3.23. The number of aliphatic hydroxyl groups is 1. The molecule has 28 heavy (non-hydrogen) atoms. The molecule has 2 nitrogen and oxygen atoms in total. The Morgan fingerprint density at radius 1 is 0.964 bits per heavy atom. The number of hydrogen-bond donors (Lipinski definition) is 1. The molecule has 0 aliphatic heterocycles. The first kappa shape index (κ1) is 19.9. The summed E-state index contributed by atoms with van der Waals surface area (Å²) in [7, 11) is 0. The van der Waals surface area contributed by atoms with Crippen molar-refractivity contribution in [3.8, 4) is 17.6 Å². The minimum Gasteiger partial charge on any atom is -0.488 e. The maximum absolute atomic E-state index is 13.0. The first-order chi connectivity index (χ1) is 13.3. The summed E-state index contributed by atoms with van der Waals surface area (Å²) in [6.07, 6.45) is -4.39. The number of hydrogen-bond acceptors (Lipinski definition) is 3. The zero-order valence-corrected chi connectivity index (χ0v) is 15.2. The molecule has 3 aromatic rings. The van der Waals surface area contributed by atoms with Gasteiger partial charge in [-0.15, -0.1) is 11.3 Å². The second-order valence-corrected chi connectivity index (χ2v) is 7.00. The fourth-order valence-electron chi connectivity index (χ4n) is 2.34. The molecule has 0 unspecified atom stereocenters. The van der Waals surface area contributed by atoms with Gasteiger partial charge in [-0.25, -0.2) is 4.39 Å². The van der Waals surface area contributed by atoms with Crippen molar-refractivity contribution >= 4 is 11.3 Å². The summed E-state index contributed by atoms with van der Waals surface area (Å²) in [6.45, 7) is 0.0174. The van der Waals surface area contributed by atoms with Crippen LogP contribution in [0.5, 0.6) is 5.75 Å². The maximum Gasteiger partial charge on any atom is 0.416 e. The molecule has 0 radical (unpaired) electrons. The number of thiophene rings is 1. The van der Waals surface area contributed by atoms with E-state index in [1.165, 1.54) is 47.7 Å². The number of ether oxygens (including phenoxy) is 1. The van der Waals surface area contributed by atoms with Gasteiger partial charge in [-0.1, -0.05) is 11.8 Å². The molecule has 0 saturated carbocycles. The van der Waals surface area contributed by atoms with Crippen molar-refractivity contribution in [1.82, 2.24) is 0 Å². The SMILES string of the molecule is OCc1cc(C#Cc2ccc(C(F)(F)F)cc2)c(COc2ccc(F)cc2)s1. The molecule has 0 aliphatic rings. The highest BCUT2D eigenvalue weighted by Gasteiger charge is 2.29. The summed E-state index contributed by atoms with van der Waals surface area (Å²) in [5, 5.41) is 9.36. The summed E-state index contributed by atoms with van der Waals surface area (Å²) in [4.78, 5) is 1.45. The molecule has 7 heteroatoms. The summed E-state index contributed by atoms with van der Waals surface area (Å²) in [5.41, 5.74) is 0.329. The standard InChI is InChI=1S/C21H14F4O2S/c22-17-7-9-18(10-8-17)27-13-20-15(11-19(12-26)28-20)4-1-14-2-5-16(6-3-14)21(23,24)25/h2-3,5-11,26H,12-13H2. The van der Waals surface area contributed by atoms with E-state index in [2.05, 4.69) is 11.8 Å². The van der Waals surface area contributed by atoms with E-state index in [1.54, 1.807) is 6.07 Å². The zero-order chi connectivity index (χ0) is 20.1. The molecular weight excluding hydrogens is 392 g/mol. The van der Waals surface area contributed by atoms with E-state index in [0.717, 1.165) is 17.0 Å². The molecule has 1 aromatic heterocycles. The largest absolute Gasteiger partial charge is 0.488 e. The zero-order valence-electron chi connectivity index (χ0n) is 14.4. The van der Waals surface area contributed by atoms with Crippen LogP contribution < -0.4 is 4.74 Å². The second-order valence-electron chi connectivity index (χ2n) is 5.78. The quantitative estimate of drug-likeness (QED) is 0.466. The van der Waals surface area contributed by atoms with E-state index in [-0.39, 0.29) is 19.0 Å². The highest BCUT2D eigenvalue weighted by molar-refractivity contribution is 7.12. The van der Waals surface area contributed by atoms with Crippen molar-refractivity contribution in [2.75, 3.05) is 0 Å². The summed E-state index contributed by atoms with van der Waals surface area (Å²) < 4.78 is 56.4. The first-order valence-corrected chi connectivity index (χ1v) is 8.97. The topological polar surface area (TPSA) is 29.5 Å². The van der Waals surface area contributed by atoms with Gasteiger partial charge in [0.1, 0.15) is 18.2 Å². The Morgan fingerprint density at radius 2 is 1.64 bits per heavy atom. The average Bonchev–Trinajstić information content (AvgIpc) is 3.08. The molecule has 0 fully saturated rings. The van der Waals surface area contributed by atoms with Crippen molar-refractivity contribution < 1.29 is 27.4 Å². The van der Waals surface area contributed by atoms with Crippen LogP contribution in [0, 0.1) is 17.7 Å². The lowest BCUT2D eigenvalue weighted by atomic mass is 10.1. The Labute approximate surface area is 163 Å². The molecule has 2 aromatic carbocycles. The van der Waals surface area contributed by atoms with Crippen molar-refractivity contribution in [2.24, 2.45) is 0 Å². The van der Waals surface area contributed by atoms with Crippen LogP contribution in [-0.4, -0.2) is 5.11 Å². The lowest BCUT2D eigenvalue weighted by Crippen LogP contribution is -2.04. The summed E-state index contributed by atoms with van der Waals surface area (Å²) >= 11 is 1.32. The van der Waals surface area contributed by atoms with Gasteiger partial charge in [0, 0.05) is 16.0 Å². The maximum atomic E-state index is 13.0. The number of halogens is 4. The highest BCUT2D eigenvalue weighted by Crippen LogP contribution is 2.29.